The third-order valence-corrected chi connectivity index (χ3v) is 4.78. The summed E-state index contributed by atoms with van der Waals surface area (Å²) in [7, 11) is 1.99. The van der Waals surface area contributed by atoms with Crippen molar-refractivity contribution < 1.29 is 5.11 Å². The molecule has 120 valence electrons. The van der Waals surface area contributed by atoms with E-state index in [4.69, 9.17) is 11.6 Å². The third kappa shape index (κ3) is 4.37. The number of aromatic hydroxyl groups is 1. The molecule has 0 heterocycles. The zero-order valence-electron chi connectivity index (χ0n) is 14.3. The number of halogens is 1. The van der Waals surface area contributed by atoms with Crippen molar-refractivity contribution in [3.63, 3.8) is 0 Å². The van der Waals surface area contributed by atoms with Gasteiger partial charge in [-0.2, -0.15) is 0 Å². The molecule has 0 radical (unpaired) electrons. The van der Waals surface area contributed by atoms with E-state index in [2.05, 4.69) is 39.9 Å². The van der Waals surface area contributed by atoms with Crippen molar-refractivity contribution in [2.75, 3.05) is 13.6 Å². The molecular weight excluding hydrogens is 282 g/mol. The number of nitrogens with one attached hydrogen (secondary N) is 1. The Bertz CT molecular complexity index is 483. The molecule has 0 saturated heterocycles. The number of aryl methyl sites for hydroxylation is 1. The normalized spacial score (nSPS) is 13.5. The predicted octanol–water partition coefficient (Wildman–Crippen LogP) is 4.83. The van der Waals surface area contributed by atoms with E-state index in [-0.39, 0.29) is 11.2 Å². The molecule has 3 heteroatoms. The fraction of sp³-hybridized carbons (Fsp3) is 0.667. The number of rotatable bonds is 7. The molecule has 0 aliphatic carbocycles. The van der Waals surface area contributed by atoms with Gasteiger partial charge in [0, 0.05) is 5.56 Å². The van der Waals surface area contributed by atoms with Gasteiger partial charge in [-0.3, -0.25) is 0 Å². The van der Waals surface area contributed by atoms with Crippen LogP contribution in [0.15, 0.2) is 6.07 Å². The molecule has 0 fully saturated rings. The summed E-state index contributed by atoms with van der Waals surface area (Å²) >= 11 is 6.23. The van der Waals surface area contributed by atoms with Crippen LogP contribution in [0.25, 0.3) is 0 Å². The first-order valence-electron chi connectivity index (χ1n) is 7.90. The second kappa shape index (κ2) is 7.51. The van der Waals surface area contributed by atoms with Crippen molar-refractivity contribution in [1.29, 1.82) is 0 Å². The Kier molecular flexibility index (Phi) is 6.55. The van der Waals surface area contributed by atoms with Crippen LogP contribution in [0.5, 0.6) is 5.75 Å². The highest BCUT2D eigenvalue weighted by molar-refractivity contribution is 6.32. The maximum Gasteiger partial charge on any atom is 0.138 e. The maximum atomic E-state index is 10.5. The highest BCUT2D eigenvalue weighted by Crippen LogP contribution is 2.42. The molecule has 21 heavy (non-hydrogen) atoms. The summed E-state index contributed by atoms with van der Waals surface area (Å²) in [6.07, 6.45) is 3.10. The molecule has 1 rings (SSSR count). The average molecular weight is 312 g/mol. The Morgan fingerprint density at radius 2 is 2.00 bits per heavy atom. The summed E-state index contributed by atoms with van der Waals surface area (Å²) in [6, 6.07) is 1.90. The van der Waals surface area contributed by atoms with Crippen LogP contribution in [-0.2, 0) is 11.8 Å². The van der Waals surface area contributed by atoms with E-state index in [0.717, 1.165) is 31.4 Å². The summed E-state index contributed by atoms with van der Waals surface area (Å²) in [5.41, 5.74) is 3.35. The van der Waals surface area contributed by atoms with Crippen LogP contribution in [0, 0.1) is 12.8 Å². The van der Waals surface area contributed by atoms with E-state index >= 15 is 0 Å². The fourth-order valence-electron chi connectivity index (χ4n) is 3.17. The minimum atomic E-state index is -0.0784. The summed E-state index contributed by atoms with van der Waals surface area (Å²) in [6.45, 7) is 11.9. The van der Waals surface area contributed by atoms with Gasteiger partial charge in [0.2, 0.25) is 0 Å². The Labute approximate surface area is 134 Å². The van der Waals surface area contributed by atoms with Crippen LogP contribution in [0.4, 0.5) is 0 Å². The lowest BCUT2D eigenvalue weighted by Gasteiger charge is -2.30. The van der Waals surface area contributed by atoms with Gasteiger partial charge in [-0.25, -0.2) is 0 Å². The molecular formula is C18H30ClNO. The lowest BCUT2D eigenvalue weighted by atomic mass is 9.75. The number of phenols is 1. The average Bonchev–Trinajstić information content (AvgIpc) is 2.41. The number of phenolic OH excluding ortho intramolecular Hbond substituents is 1. The molecule has 0 bridgehead atoms. The highest BCUT2D eigenvalue weighted by Gasteiger charge is 2.28. The monoisotopic (exact) mass is 311 g/mol. The van der Waals surface area contributed by atoms with Crippen molar-refractivity contribution in [3.05, 3.63) is 27.8 Å². The van der Waals surface area contributed by atoms with Gasteiger partial charge in [-0.05, 0) is 68.3 Å². The van der Waals surface area contributed by atoms with Crippen molar-refractivity contribution in [2.45, 2.75) is 59.3 Å². The van der Waals surface area contributed by atoms with E-state index in [1.165, 1.54) is 11.1 Å². The SMILES string of the molecule is CCc1cc(Cl)c(O)c(C(C)(C)CCC(C)CNC)c1C. The largest absolute Gasteiger partial charge is 0.506 e. The highest BCUT2D eigenvalue weighted by atomic mass is 35.5. The second-order valence-corrected chi connectivity index (χ2v) is 7.21. The second-order valence-electron chi connectivity index (χ2n) is 6.81. The van der Waals surface area contributed by atoms with Crippen molar-refractivity contribution in [3.8, 4) is 5.75 Å². The van der Waals surface area contributed by atoms with Crippen molar-refractivity contribution in [1.82, 2.24) is 5.32 Å². The van der Waals surface area contributed by atoms with Gasteiger partial charge in [0.05, 0.1) is 5.02 Å². The molecule has 0 aliphatic heterocycles. The standard InChI is InChI=1S/C18H30ClNO/c1-7-14-10-15(19)17(21)16(13(14)3)18(4,5)9-8-12(2)11-20-6/h10,12,20-21H,7-9,11H2,1-6H3. The zero-order chi connectivity index (χ0) is 16.2. The third-order valence-electron chi connectivity index (χ3n) is 4.49. The first-order valence-corrected chi connectivity index (χ1v) is 8.28. The first kappa shape index (κ1) is 18.3. The van der Waals surface area contributed by atoms with Gasteiger partial charge < -0.3 is 10.4 Å². The van der Waals surface area contributed by atoms with E-state index in [1.54, 1.807) is 0 Å². The van der Waals surface area contributed by atoms with E-state index < -0.39 is 0 Å². The minimum absolute atomic E-state index is 0.0784. The summed E-state index contributed by atoms with van der Waals surface area (Å²) < 4.78 is 0. The summed E-state index contributed by atoms with van der Waals surface area (Å²) in [4.78, 5) is 0. The molecule has 0 amide bonds. The predicted molar refractivity (Wildman–Crippen MR) is 92.6 cm³/mol. The molecule has 0 aromatic heterocycles. The first-order chi connectivity index (χ1) is 9.74. The molecule has 2 nitrogen and oxygen atoms in total. The molecule has 0 saturated carbocycles. The molecule has 1 aromatic rings. The van der Waals surface area contributed by atoms with Crippen LogP contribution in [0.3, 0.4) is 0 Å². The van der Waals surface area contributed by atoms with Crippen molar-refractivity contribution in [2.24, 2.45) is 5.92 Å². The Hall–Kier alpha value is -0.730. The van der Waals surface area contributed by atoms with Crippen molar-refractivity contribution >= 4 is 11.6 Å². The lowest BCUT2D eigenvalue weighted by molar-refractivity contribution is 0.374. The molecule has 1 unspecified atom stereocenters. The topological polar surface area (TPSA) is 32.3 Å². The van der Waals surface area contributed by atoms with Gasteiger partial charge >= 0.3 is 0 Å². The minimum Gasteiger partial charge on any atom is -0.506 e. The maximum absolute atomic E-state index is 10.5. The number of hydrogen-bond donors (Lipinski definition) is 2. The molecule has 1 aromatic carbocycles. The smallest absolute Gasteiger partial charge is 0.138 e. The summed E-state index contributed by atoms with van der Waals surface area (Å²) in [5, 5.41) is 14.2. The Morgan fingerprint density at radius 1 is 1.38 bits per heavy atom. The van der Waals surface area contributed by atoms with E-state index in [9.17, 15) is 5.11 Å². The van der Waals surface area contributed by atoms with Crippen LogP contribution >= 0.6 is 11.6 Å². The Balaban J connectivity index is 3.09. The van der Waals surface area contributed by atoms with Gasteiger partial charge in [0.15, 0.2) is 0 Å². The quantitative estimate of drug-likeness (QED) is 0.756. The zero-order valence-corrected chi connectivity index (χ0v) is 15.1. The molecule has 1 atom stereocenters. The molecule has 0 spiro atoms. The van der Waals surface area contributed by atoms with E-state index in [1.807, 2.05) is 13.1 Å². The summed E-state index contributed by atoms with van der Waals surface area (Å²) in [5.74, 6) is 0.888. The van der Waals surface area contributed by atoms with Crippen LogP contribution < -0.4 is 5.32 Å². The van der Waals surface area contributed by atoms with Gasteiger partial charge in [-0.1, -0.05) is 39.3 Å². The molecule has 2 N–H and O–H groups in total. The Morgan fingerprint density at radius 3 is 2.52 bits per heavy atom. The molecule has 0 aliphatic rings. The fourth-order valence-corrected chi connectivity index (χ4v) is 3.39. The van der Waals surface area contributed by atoms with E-state index in [0.29, 0.717) is 10.9 Å². The van der Waals surface area contributed by atoms with Crippen LogP contribution in [0.1, 0.15) is 57.2 Å². The van der Waals surface area contributed by atoms with Gasteiger partial charge in [-0.15, -0.1) is 0 Å². The van der Waals surface area contributed by atoms with Crippen LogP contribution in [-0.4, -0.2) is 18.7 Å². The van der Waals surface area contributed by atoms with Gasteiger partial charge in [0.1, 0.15) is 5.75 Å². The number of hydrogen-bond acceptors (Lipinski definition) is 2. The van der Waals surface area contributed by atoms with Gasteiger partial charge in [0.25, 0.3) is 0 Å². The number of benzene rings is 1. The lowest BCUT2D eigenvalue weighted by Crippen LogP contribution is -2.23. The van der Waals surface area contributed by atoms with Crippen LogP contribution in [0.2, 0.25) is 5.02 Å².